The zero-order valence-corrected chi connectivity index (χ0v) is 13.1. The third kappa shape index (κ3) is 2.64. The number of hydrogen-bond acceptors (Lipinski definition) is 5. The molecule has 2 aromatic heterocycles. The predicted octanol–water partition coefficient (Wildman–Crippen LogP) is 2.61. The molecule has 116 valence electrons. The lowest BCUT2D eigenvalue weighted by molar-refractivity contribution is -0.143. The van der Waals surface area contributed by atoms with Crippen molar-refractivity contribution < 1.29 is 19.1 Å². The number of thiazole rings is 1. The smallest absolute Gasteiger partial charge is 0.311 e. The topological polar surface area (TPSA) is 92.4 Å². The van der Waals surface area contributed by atoms with Gasteiger partial charge in [-0.3, -0.25) is 9.59 Å². The van der Waals surface area contributed by atoms with Crippen molar-refractivity contribution in [3.8, 4) is 10.8 Å². The highest BCUT2D eigenvalue weighted by molar-refractivity contribution is 7.17. The molecular weight excluding hydrogens is 304 g/mol. The van der Waals surface area contributed by atoms with Gasteiger partial charge in [-0.1, -0.05) is 0 Å². The van der Waals surface area contributed by atoms with Gasteiger partial charge in [-0.05, 0) is 38.8 Å². The second-order valence-corrected chi connectivity index (χ2v) is 6.61. The Hall–Kier alpha value is -2.15. The molecule has 2 N–H and O–H groups in total. The van der Waals surface area contributed by atoms with Gasteiger partial charge in [0.15, 0.2) is 10.8 Å². The van der Waals surface area contributed by atoms with Crippen molar-refractivity contribution in [3.63, 3.8) is 0 Å². The van der Waals surface area contributed by atoms with E-state index in [4.69, 9.17) is 9.52 Å². The minimum absolute atomic E-state index is 0.160. The Balaban J connectivity index is 1.73. The Kier molecular flexibility index (Phi) is 3.52. The molecule has 22 heavy (non-hydrogen) atoms. The fourth-order valence-corrected chi connectivity index (χ4v) is 3.15. The molecular formula is C15H16N2O4S. The molecule has 0 spiro atoms. The second-order valence-electron chi connectivity index (χ2n) is 5.61. The van der Waals surface area contributed by atoms with Crippen LogP contribution in [0.4, 0.5) is 0 Å². The summed E-state index contributed by atoms with van der Waals surface area (Å²) in [6.07, 6.45) is 1.22. The Labute approximate surface area is 131 Å². The van der Waals surface area contributed by atoms with Gasteiger partial charge in [-0.25, -0.2) is 4.98 Å². The number of nitrogens with one attached hydrogen (secondary N) is 1. The van der Waals surface area contributed by atoms with E-state index in [9.17, 15) is 9.59 Å². The molecule has 6 nitrogen and oxygen atoms in total. The van der Waals surface area contributed by atoms with E-state index in [0.29, 0.717) is 34.2 Å². The van der Waals surface area contributed by atoms with E-state index in [1.54, 1.807) is 6.92 Å². The first-order chi connectivity index (χ1) is 10.4. The van der Waals surface area contributed by atoms with Gasteiger partial charge in [0, 0.05) is 6.54 Å². The average molecular weight is 320 g/mol. The van der Waals surface area contributed by atoms with Crippen LogP contribution in [0.1, 0.15) is 34.0 Å². The molecule has 1 fully saturated rings. The van der Waals surface area contributed by atoms with E-state index in [1.807, 2.05) is 19.1 Å². The number of aliphatic carboxylic acids is 1. The SMILES string of the molecule is Cc1ccc(-c2nc(C)c(C(=O)NCC3(C(=O)O)CC3)s2)o1. The summed E-state index contributed by atoms with van der Waals surface area (Å²) in [5.41, 5.74) is -0.151. The van der Waals surface area contributed by atoms with Crippen molar-refractivity contribution in [2.24, 2.45) is 5.41 Å². The maximum Gasteiger partial charge on any atom is 0.311 e. The van der Waals surface area contributed by atoms with Gasteiger partial charge in [-0.15, -0.1) is 11.3 Å². The molecule has 0 saturated heterocycles. The van der Waals surface area contributed by atoms with Gasteiger partial charge < -0.3 is 14.8 Å². The molecule has 0 aromatic carbocycles. The Morgan fingerprint density at radius 3 is 2.68 bits per heavy atom. The largest absolute Gasteiger partial charge is 0.481 e. The van der Waals surface area contributed by atoms with Crippen LogP contribution in [0.5, 0.6) is 0 Å². The number of carboxylic acids is 1. The van der Waals surface area contributed by atoms with E-state index in [0.717, 1.165) is 5.76 Å². The van der Waals surface area contributed by atoms with Crippen molar-refractivity contribution in [1.82, 2.24) is 10.3 Å². The summed E-state index contributed by atoms with van der Waals surface area (Å²) in [4.78, 5) is 28.2. The van der Waals surface area contributed by atoms with Crippen molar-refractivity contribution in [2.75, 3.05) is 6.54 Å². The van der Waals surface area contributed by atoms with E-state index >= 15 is 0 Å². The van der Waals surface area contributed by atoms with Gasteiger partial charge in [0.25, 0.3) is 5.91 Å². The number of hydrogen-bond donors (Lipinski definition) is 2. The standard InChI is InChI=1S/C15H16N2O4S/c1-8-3-4-10(21-8)13-17-9(2)11(22-13)12(18)16-7-15(5-6-15)14(19)20/h3-4H,5-7H2,1-2H3,(H,16,18)(H,19,20). The van der Waals surface area contributed by atoms with E-state index in [2.05, 4.69) is 10.3 Å². The van der Waals surface area contributed by atoms with Crippen LogP contribution < -0.4 is 5.32 Å². The molecule has 1 aliphatic carbocycles. The Morgan fingerprint density at radius 1 is 1.41 bits per heavy atom. The zero-order chi connectivity index (χ0) is 15.9. The number of amides is 1. The molecule has 1 saturated carbocycles. The van der Waals surface area contributed by atoms with Crippen molar-refractivity contribution in [3.05, 3.63) is 28.5 Å². The lowest BCUT2D eigenvalue weighted by Gasteiger charge is -2.10. The fourth-order valence-electron chi connectivity index (χ4n) is 2.21. The monoisotopic (exact) mass is 320 g/mol. The van der Waals surface area contributed by atoms with Crippen molar-refractivity contribution in [1.29, 1.82) is 0 Å². The molecule has 3 rings (SSSR count). The number of aromatic nitrogens is 1. The van der Waals surface area contributed by atoms with E-state index < -0.39 is 11.4 Å². The molecule has 1 amide bonds. The molecule has 0 radical (unpaired) electrons. The normalized spacial score (nSPS) is 15.5. The molecule has 2 aromatic rings. The summed E-state index contributed by atoms with van der Waals surface area (Å²) in [5, 5.41) is 12.5. The zero-order valence-electron chi connectivity index (χ0n) is 12.3. The Morgan fingerprint density at radius 2 is 2.14 bits per heavy atom. The molecule has 0 unspecified atom stereocenters. The summed E-state index contributed by atoms with van der Waals surface area (Å²) < 4.78 is 5.51. The minimum atomic E-state index is -0.847. The lowest BCUT2D eigenvalue weighted by Crippen LogP contribution is -2.34. The molecule has 1 aliphatic rings. The summed E-state index contributed by atoms with van der Waals surface area (Å²) >= 11 is 1.25. The molecule has 2 heterocycles. The summed E-state index contributed by atoms with van der Waals surface area (Å²) in [7, 11) is 0. The Bertz CT molecular complexity index is 743. The van der Waals surface area contributed by atoms with Gasteiger partial charge in [0.2, 0.25) is 0 Å². The number of nitrogens with zero attached hydrogens (tertiary/aromatic N) is 1. The average Bonchev–Trinajstić information content (AvgIpc) is 3.00. The van der Waals surface area contributed by atoms with Crippen LogP contribution >= 0.6 is 11.3 Å². The van der Waals surface area contributed by atoms with Gasteiger partial charge in [0.1, 0.15) is 10.6 Å². The van der Waals surface area contributed by atoms with Crippen LogP contribution in [0.15, 0.2) is 16.5 Å². The fraction of sp³-hybridized carbons (Fsp3) is 0.400. The minimum Gasteiger partial charge on any atom is -0.481 e. The number of carboxylic acid groups (broad SMARTS) is 1. The summed E-state index contributed by atoms with van der Waals surface area (Å²) in [6.45, 7) is 3.76. The number of carbonyl (C=O) groups excluding carboxylic acids is 1. The van der Waals surface area contributed by atoms with Gasteiger partial charge >= 0.3 is 5.97 Å². The summed E-state index contributed by atoms with van der Waals surface area (Å²) in [6, 6.07) is 3.66. The highest BCUT2D eigenvalue weighted by Crippen LogP contribution is 2.45. The van der Waals surface area contributed by atoms with Gasteiger partial charge in [0.05, 0.1) is 11.1 Å². The summed E-state index contributed by atoms with van der Waals surface area (Å²) in [5.74, 6) is 0.289. The quantitative estimate of drug-likeness (QED) is 0.883. The second kappa shape index (κ2) is 5.24. The van der Waals surface area contributed by atoms with Crippen molar-refractivity contribution >= 4 is 23.2 Å². The van der Waals surface area contributed by atoms with Crippen LogP contribution in [0.25, 0.3) is 10.8 Å². The van der Waals surface area contributed by atoms with Crippen LogP contribution in [-0.4, -0.2) is 28.5 Å². The van der Waals surface area contributed by atoms with Gasteiger partial charge in [-0.2, -0.15) is 0 Å². The lowest BCUT2D eigenvalue weighted by atomic mass is 10.1. The van der Waals surface area contributed by atoms with E-state index in [1.165, 1.54) is 11.3 Å². The number of carbonyl (C=O) groups is 2. The maximum absolute atomic E-state index is 12.2. The van der Waals surface area contributed by atoms with Crippen LogP contribution in [0.2, 0.25) is 0 Å². The molecule has 0 bridgehead atoms. The third-order valence-corrected chi connectivity index (χ3v) is 5.02. The first kappa shape index (κ1) is 14.8. The van der Waals surface area contributed by atoms with Crippen LogP contribution in [-0.2, 0) is 4.79 Å². The first-order valence-electron chi connectivity index (χ1n) is 6.97. The van der Waals surface area contributed by atoms with Crippen LogP contribution in [0.3, 0.4) is 0 Å². The number of furan rings is 1. The number of rotatable bonds is 5. The maximum atomic E-state index is 12.2. The van der Waals surface area contributed by atoms with Crippen LogP contribution in [0, 0.1) is 19.3 Å². The van der Waals surface area contributed by atoms with Crippen molar-refractivity contribution in [2.45, 2.75) is 26.7 Å². The third-order valence-electron chi connectivity index (χ3n) is 3.85. The predicted molar refractivity (Wildman–Crippen MR) is 80.9 cm³/mol. The highest BCUT2D eigenvalue weighted by Gasteiger charge is 2.50. The molecule has 0 atom stereocenters. The highest BCUT2D eigenvalue weighted by atomic mass is 32.1. The molecule has 7 heteroatoms. The molecule has 0 aliphatic heterocycles. The number of aryl methyl sites for hydroxylation is 2. The first-order valence-corrected chi connectivity index (χ1v) is 7.79. The van der Waals surface area contributed by atoms with E-state index in [-0.39, 0.29) is 12.5 Å².